The number of nitrogens with two attached hydrogens (primary N) is 1. The summed E-state index contributed by atoms with van der Waals surface area (Å²) in [7, 11) is 0. The lowest BCUT2D eigenvalue weighted by molar-refractivity contribution is 1.16. The zero-order chi connectivity index (χ0) is 11.4. The largest absolute Gasteiger partial charge is 0.382 e. The molecule has 4 heteroatoms. The van der Waals surface area contributed by atoms with Crippen LogP contribution in [0.4, 0.5) is 5.82 Å². The smallest absolute Gasteiger partial charge is 0.149 e. The van der Waals surface area contributed by atoms with Crippen LogP contribution in [0.15, 0.2) is 41.1 Å². The molecule has 2 rings (SSSR count). The van der Waals surface area contributed by atoms with Crippen LogP contribution < -0.4 is 5.73 Å². The first kappa shape index (κ1) is 10.8. The van der Waals surface area contributed by atoms with Gasteiger partial charge in [-0.2, -0.15) is 0 Å². The Labute approximate surface area is 102 Å². The Balaban J connectivity index is 2.27. The number of halogens is 1. The van der Waals surface area contributed by atoms with E-state index in [0.29, 0.717) is 16.1 Å². The van der Waals surface area contributed by atoms with Crippen molar-refractivity contribution in [2.75, 3.05) is 5.73 Å². The third-order valence-electron chi connectivity index (χ3n) is 2.03. The fourth-order valence-electron chi connectivity index (χ4n) is 1.25. The normalized spacial score (nSPS) is 10.8. The summed E-state index contributed by atoms with van der Waals surface area (Å²) in [5, 5.41) is 0. The molecule has 0 fully saturated rings. The van der Waals surface area contributed by atoms with Crippen molar-refractivity contribution in [3.8, 4) is 0 Å². The standard InChI is InChI=1S/C12H10BrN3/c13-11-8-15-12(14)10(16-11)7-6-9-4-2-1-3-5-9/h1-8H,(H2,14,15). The summed E-state index contributed by atoms with van der Waals surface area (Å²) in [5.41, 5.74) is 7.47. The van der Waals surface area contributed by atoms with Gasteiger partial charge in [-0.3, -0.25) is 0 Å². The van der Waals surface area contributed by atoms with E-state index in [-0.39, 0.29) is 0 Å². The monoisotopic (exact) mass is 275 g/mol. The Bertz CT molecular complexity index is 509. The van der Waals surface area contributed by atoms with Crippen LogP contribution >= 0.6 is 15.9 Å². The molecule has 0 bridgehead atoms. The van der Waals surface area contributed by atoms with Crippen LogP contribution in [-0.4, -0.2) is 9.97 Å². The van der Waals surface area contributed by atoms with Crippen molar-refractivity contribution in [3.05, 3.63) is 52.4 Å². The van der Waals surface area contributed by atoms with Gasteiger partial charge in [0.25, 0.3) is 0 Å². The zero-order valence-corrected chi connectivity index (χ0v) is 10.1. The number of aromatic nitrogens is 2. The Morgan fingerprint density at radius 2 is 1.88 bits per heavy atom. The van der Waals surface area contributed by atoms with Gasteiger partial charge in [-0.15, -0.1) is 0 Å². The van der Waals surface area contributed by atoms with Gasteiger partial charge in [0, 0.05) is 0 Å². The molecule has 0 unspecified atom stereocenters. The van der Waals surface area contributed by atoms with Crippen molar-refractivity contribution in [1.29, 1.82) is 0 Å². The Hall–Kier alpha value is -1.68. The number of anilines is 1. The van der Waals surface area contributed by atoms with Crippen LogP contribution in [-0.2, 0) is 0 Å². The first-order valence-electron chi connectivity index (χ1n) is 4.77. The van der Waals surface area contributed by atoms with Crippen molar-refractivity contribution in [3.63, 3.8) is 0 Å². The molecule has 0 saturated heterocycles. The van der Waals surface area contributed by atoms with E-state index in [1.807, 2.05) is 42.5 Å². The van der Waals surface area contributed by atoms with Crippen LogP contribution in [0.25, 0.3) is 12.2 Å². The molecular weight excluding hydrogens is 266 g/mol. The summed E-state index contributed by atoms with van der Waals surface area (Å²) in [6, 6.07) is 9.96. The maximum atomic E-state index is 5.71. The first-order chi connectivity index (χ1) is 7.75. The van der Waals surface area contributed by atoms with Gasteiger partial charge in [-0.25, -0.2) is 9.97 Å². The lowest BCUT2D eigenvalue weighted by atomic mass is 10.2. The number of nitrogen functional groups attached to an aromatic ring is 1. The van der Waals surface area contributed by atoms with Crippen molar-refractivity contribution >= 4 is 33.9 Å². The van der Waals surface area contributed by atoms with Crippen molar-refractivity contribution in [2.45, 2.75) is 0 Å². The van der Waals surface area contributed by atoms with Gasteiger partial charge in [-0.05, 0) is 27.6 Å². The number of rotatable bonds is 2. The second kappa shape index (κ2) is 4.90. The van der Waals surface area contributed by atoms with Gasteiger partial charge < -0.3 is 5.73 Å². The molecule has 0 atom stereocenters. The molecule has 0 saturated carbocycles. The van der Waals surface area contributed by atoms with E-state index in [9.17, 15) is 0 Å². The maximum absolute atomic E-state index is 5.71. The van der Waals surface area contributed by atoms with Crippen molar-refractivity contribution in [1.82, 2.24) is 9.97 Å². The molecule has 16 heavy (non-hydrogen) atoms. The molecule has 2 aromatic rings. The first-order valence-corrected chi connectivity index (χ1v) is 5.56. The predicted octanol–water partition coefficient (Wildman–Crippen LogP) is 2.99. The SMILES string of the molecule is Nc1ncc(Br)nc1C=Cc1ccccc1. The molecule has 0 aliphatic heterocycles. The van der Waals surface area contributed by atoms with E-state index in [4.69, 9.17) is 5.73 Å². The average molecular weight is 276 g/mol. The molecule has 1 aromatic heterocycles. The minimum absolute atomic E-state index is 0.426. The second-order valence-electron chi connectivity index (χ2n) is 3.21. The highest BCUT2D eigenvalue weighted by molar-refractivity contribution is 9.10. The number of hydrogen-bond acceptors (Lipinski definition) is 3. The fraction of sp³-hybridized carbons (Fsp3) is 0. The molecule has 0 aliphatic rings. The third-order valence-corrected chi connectivity index (χ3v) is 2.42. The third kappa shape index (κ3) is 2.67. The van der Waals surface area contributed by atoms with Crippen LogP contribution in [0.2, 0.25) is 0 Å². The topological polar surface area (TPSA) is 51.8 Å². The predicted molar refractivity (Wildman–Crippen MR) is 69.5 cm³/mol. The molecule has 0 radical (unpaired) electrons. The summed E-state index contributed by atoms with van der Waals surface area (Å²) >= 11 is 3.26. The number of nitrogens with zero attached hydrogens (tertiary/aromatic N) is 2. The van der Waals surface area contributed by atoms with Crippen molar-refractivity contribution in [2.24, 2.45) is 0 Å². The van der Waals surface area contributed by atoms with Crippen molar-refractivity contribution < 1.29 is 0 Å². The summed E-state index contributed by atoms with van der Waals surface area (Å²) in [4.78, 5) is 8.24. The molecule has 0 amide bonds. The number of hydrogen-bond donors (Lipinski definition) is 1. The van der Waals surface area contributed by atoms with Gasteiger partial charge in [0.2, 0.25) is 0 Å². The lowest BCUT2D eigenvalue weighted by Crippen LogP contribution is -1.96. The highest BCUT2D eigenvalue weighted by Crippen LogP contribution is 2.13. The number of benzene rings is 1. The highest BCUT2D eigenvalue weighted by atomic mass is 79.9. The van der Waals surface area contributed by atoms with E-state index in [1.54, 1.807) is 6.20 Å². The molecule has 1 heterocycles. The molecule has 0 spiro atoms. The Morgan fingerprint density at radius 1 is 1.12 bits per heavy atom. The van der Waals surface area contributed by atoms with E-state index in [0.717, 1.165) is 5.56 Å². The van der Waals surface area contributed by atoms with Crippen LogP contribution in [0.1, 0.15) is 11.3 Å². The van der Waals surface area contributed by atoms with Crippen LogP contribution in [0.3, 0.4) is 0 Å². The van der Waals surface area contributed by atoms with Gasteiger partial charge in [0.1, 0.15) is 16.1 Å². The van der Waals surface area contributed by atoms with Gasteiger partial charge >= 0.3 is 0 Å². The Morgan fingerprint density at radius 3 is 2.62 bits per heavy atom. The van der Waals surface area contributed by atoms with E-state index in [2.05, 4.69) is 25.9 Å². The van der Waals surface area contributed by atoms with Crippen LogP contribution in [0, 0.1) is 0 Å². The fourth-order valence-corrected chi connectivity index (χ4v) is 1.55. The molecule has 80 valence electrons. The van der Waals surface area contributed by atoms with Gasteiger partial charge in [0.05, 0.1) is 6.20 Å². The lowest BCUT2D eigenvalue weighted by Gasteiger charge is -1.98. The molecule has 2 N–H and O–H groups in total. The average Bonchev–Trinajstić information content (AvgIpc) is 2.32. The zero-order valence-electron chi connectivity index (χ0n) is 8.47. The van der Waals surface area contributed by atoms with E-state index < -0.39 is 0 Å². The minimum atomic E-state index is 0.426. The van der Waals surface area contributed by atoms with E-state index in [1.165, 1.54) is 0 Å². The molecule has 0 aliphatic carbocycles. The minimum Gasteiger partial charge on any atom is -0.382 e. The maximum Gasteiger partial charge on any atom is 0.149 e. The quantitative estimate of drug-likeness (QED) is 0.917. The molecule has 1 aromatic carbocycles. The van der Waals surface area contributed by atoms with Crippen LogP contribution in [0.5, 0.6) is 0 Å². The van der Waals surface area contributed by atoms with Gasteiger partial charge in [-0.1, -0.05) is 36.4 Å². The second-order valence-corrected chi connectivity index (χ2v) is 4.02. The Kier molecular flexibility index (Phi) is 3.31. The molecule has 3 nitrogen and oxygen atoms in total. The summed E-state index contributed by atoms with van der Waals surface area (Å²) in [6.07, 6.45) is 5.38. The summed E-state index contributed by atoms with van der Waals surface area (Å²) in [6.45, 7) is 0. The molecular formula is C12H10BrN3. The van der Waals surface area contributed by atoms with Gasteiger partial charge in [0.15, 0.2) is 0 Å². The summed E-state index contributed by atoms with van der Waals surface area (Å²) in [5.74, 6) is 0.426. The highest BCUT2D eigenvalue weighted by Gasteiger charge is 1.98. The van der Waals surface area contributed by atoms with E-state index >= 15 is 0 Å². The summed E-state index contributed by atoms with van der Waals surface area (Å²) < 4.78 is 0.675.